The van der Waals surface area contributed by atoms with Crippen molar-refractivity contribution in [1.29, 1.82) is 0 Å². The van der Waals surface area contributed by atoms with Gasteiger partial charge in [-0.05, 0) is 26.7 Å². The molecule has 0 spiro atoms. The number of hydrogen-bond donors (Lipinski definition) is 0. The van der Waals surface area contributed by atoms with Crippen LogP contribution in [0.2, 0.25) is 0 Å². The van der Waals surface area contributed by atoms with Gasteiger partial charge >= 0.3 is 17.9 Å². The second-order valence-electron chi connectivity index (χ2n) is 6.36. The molecule has 0 N–H and O–H groups in total. The predicted octanol–water partition coefficient (Wildman–Crippen LogP) is 0.948. The molecule has 8 nitrogen and oxygen atoms in total. The topological polar surface area (TPSA) is 113 Å². The van der Waals surface area contributed by atoms with Crippen LogP contribution in [0.15, 0.2) is 0 Å². The normalized spacial score (nSPS) is 27.9. The van der Waals surface area contributed by atoms with Crippen molar-refractivity contribution in [3.63, 3.8) is 0 Å². The molecule has 0 unspecified atom stereocenters. The summed E-state index contributed by atoms with van der Waals surface area (Å²) in [6.07, 6.45) is 0.519. The van der Waals surface area contributed by atoms with Gasteiger partial charge in [-0.1, -0.05) is 13.8 Å². The molecule has 0 aromatic rings. The van der Waals surface area contributed by atoms with Crippen molar-refractivity contribution < 1.29 is 38.2 Å². The lowest BCUT2D eigenvalue weighted by molar-refractivity contribution is -0.169. The minimum atomic E-state index is -1.61. The number of aldehydes is 1. The summed E-state index contributed by atoms with van der Waals surface area (Å²) in [5, 5.41) is 0. The van der Waals surface area contributed by atoms with Crippen molar-refractivity contribution in [3.05, 3.63) is 0 Å². The van der Waals surface area contributed by atoms with E-state index in [-0.39, 0.29) is 19.8 Å². The minimum absolute atomic E-state index is 0.00961. The maximum Gasteiger partial charge on any atom is 0.321 e. The average Bonchev–Trinajstić information content (AvgIpc) is 2.77. The third kappa shape index (κ3) is 3.78. The maximum absolute atomic E-state index is 13.0. The van der Waals surface area contributed by atoms with Gasteiger partial charge in [-0.3, -0.25) is 19.2 Å². The molecule has 4 atom stereocenters. The van der Waals surface area contributed by atoms with Crippen LogP contribution in [-0.4, -0.2) is 49.8 Å². The number of ether oxygens (including phenoxy) is 3. The van der Waals surface area contributed by atoms with E-state index in [1.807, 2.05) is 0 Å². The Kier molecular flexibility index (Phi) is 7.47. The molecule has 26 heavy (non-hydrogen) atoms. The SMILES string of the molecule is CCOC(=O)C(C(=O)OCC)[C@@H]1C(=O)[C@@H](C(=O)OCC)[C@H](C)[C@@]1(C)C=O. The van der Waals surface area contributed by atoms with E-state index < -0.39 is 52.8 Å². The highest BCUT2D eigenvalue weighted by Crippen LogP contribution is 2.51. The van der Waals surface area contributed by atoms with Crippen molar-refractivity contribution in [1.82, 2.24) is 0 Å². The number of carbonyl (C=O) groups is 5. The van der Waals surface area contributed by atoms with Crippen molar-refractivity contribution in [2.45, 2.75) is 34.6 Å². The molecule has 0 bridgehead atoms. The third-order valence-corrected chi connectivity index (χ3v) is 4.97. The Hall–Kier alpha value is -2.25. The van der Waals surface area contributed by atoms with E-state index in [0.717, 1.165) is 0 Å². The Labute approximate surface area is 152 Å². The summed E-state index contributed by atoms with van der Waals surface area (Å²) in [6, 6.07) is 0. The van der Waals surface area contributed by atoms with Crippen LogP contribution in [0, 0.1) is 29.1 Å². The predicted molar refractivity (Wildman–Crippen MR) is 88.7 cm³/mol. The highest BCUT2D eigenvalue weighted by atomic mass is 16.6. The van der Waals surface area contributed by atoms with Crippen molar-refractivity contribution in [2.24, 2.45) is 29.1 Å². The van der Waals surface area contributed by atoms with Crippen LogP contribution in [0.3, 0.4) is 0 Å². The second-order valence-corrected chi connectivity index (χ2v) is 6.36. The molecule has 0 heterocycles. The fraction of sp³-hybridized carbons (Fsp3) is 0.722. The summed E-state index contributed by atoms with van der Waals surface area (Å²) in [5.41, 5.74) is -1.42. The number of carbonyl (C=O) groups excluding carboxylic acids is 5. The summed E-state index contributed by atoms with van der Waals surface area (Å²) >= 11 is 0. The summed E-state index contributed by atoms with van der Waals surface area (Å²) < 4.78 is 14.8. The molecule has 0 aliphatic heterocycles. The van der Waals surface area contributed by atoms with Gasteiger partial charge in [0.25, 0.3) is 0 Å². The molecule has 0 aromatic carbocycles. The van der Waals surface area contributed by atoms with Crippen molar-refractivity contribution in [2.75, 3.05) is 19.8 Å². The molecule has 146 valence electrons. The van der Waals surface area contributed by atoms with E-state index in [2.05, 4.69) is 0 Å². The van der Waals surface area contributed by atoms with E-state index in [4.69, 9.17) is 14.2 Å². The highest BCUT2D eigenvalue weighted by molar-refractivity contribution is 6.10. The van der Waals surface area contributed by atoms with Crippen molar-refractivity contribution >= 4 is 30.0 Å². The second kappa shape index (κ2) is 8.91. The number of rotatable bonds is 8. The van der Waals surface area contributed by atoms with Gasteiger partial charge in [0.1, 0.15) is 12.2 Å². The molecule has 0 aromatic heterocycles. The van der Waals surface area contributed by atoms with Gasteiger partial charge in [0.15, 0.2) is 11.7 Å². The zero-order valence-corrected chi connectivity index (χ0v) is 15.8. The van der Waals surface area contributed by atoms with Gasteiger partial charge in [-0.15, -0.1) is 0 Å². The monoisotopic (exact) mass is 370 g/mol. The van der Waals surface area contributed by atoms with Crippen LogP contribution >= 0.6 is 0 Å². The molecule has 1 aliphatic carbocycles. The van der Waals surface area contributed by atoms with Crippen LogP contribution in [0.5, 0.6) is 0 Å². The fourth-order valence-corrected chi connectivity index (χ4v) is 3.48. The quantitative estimate of drug-likeness (QED) is 0.269. The van der Waals surface area contributed by atoms with Crippen LogP contribution < -0.4 is 0 Å². The zero-order chi connectivity index (χ0) is 20.1. The van der Waals surface area contributed by atoms with Crippen LogP contribution in [0.4, 0.5) is 0 Å². The van der Waals surface area contributed by atoms with Crippen LogP contribution in [-0.2, 0) is 38.2 Å². The van der Waals surface area contributed by atoms with E-state index in [9.17, 15) is 24.0 Å². The van der Waals surface area contributed by atoms with Crippen LogP contribution in [0.1, 0.15) is 34.6 Å². The van der Waals surface area contributed by atoms with Gasteiger partial charge in [0, 0.05) is 5.41 Å². The Balaban J connectivity index is 3.43. The molecule has 0 radical (unpaired) electrons. The molecule has 1 rings (SSSR count). The first-order valence-corrected chi connectivity index (χ1v) is 8.71. The zero-order valence-electron chi connectivity index (χ0n) is 15.8. The number of ketones is 1. The summed E-state index contributed by atoms with van der Waals surface area (Å²) in [4.78, 5) is 61.9. The lowest BCUT2D eigenvalue weighted by atomic mass is 9.69. The Bertz CT molecular complexity index is 566. The smallest absolute Gasteiger partial charge is 0.321 e. The molecule has 1 aliphatic rings. The largest absolute Gasteiger partial charge is 0.465 e. The van der Waals surface area contributed by atoms with E-state index in [1.54, 1.807) is 27.7 Å². The average molecular weight is 370 g/mol. The highest BCUT2D eigenvalue weighted by Gasteiger charge is 2.64. The van der Waals surface area contributed by atoms with Gasteiger partial charge in [0.2, 0.25) is 0 Å². The maximum atomic E-state index is 13.0. The lowest BCUT2D eigenvalue weighted by Crippen LogP contribution is -2.44. The first-order chi connectivity index (χ1) is 12.2. The first-order valence-electron chi connectivity index (χ1n) is 8.71. The minimum Gasteiger partial charge on any atom is -0.465 e. The van der Waals surface area contributed by atoms with Gasteiger partial charge in [-0.2, -0.15) is 0 Å². The third-order valence-electron chi connectivity index (χ3n) is 4.97. The molecule has 0 amide bonds. The van der Waals surface area contributed by atoms with Crippen molar-refractivity contribution in [3.8, 4) is 0 Å². The van der Waals surface area contributed by atoms with E-state index in [0.29, 0.717) is 6.29 Å². The number of hydrogen-bond acceptors (Lipinski definition) is 8. The van der Waals surface area contributed by atoms with E-state index in [1.165, 1.54) is 6.92 Å². The number of esters is 3. The lowest BCUT2D eigenvalue weighted by Gasteiger charge is -2.31. The van der Waals surface area contributed by atoms with Gasteiger partial charge < -0.3 is 19.0 Å². The Morgan fingerprint density at radius 1 is 1.04 bits per heavy atom. The molecular weight excluding hydrogens is 344 g/mol. The summed E-state index contributed by atoms with van der Waals surface area (Å²) in [5.74, 6) is -8.31. The molecular formula is C18H26O8. The molecule has 8 heteroatoms. The van der Waals surface area contributed by atoms with Gasteiger partial charge in [0.05, 0.1) is 25.7 Å². The molecule has 1 fully saturated rings. The molecule has 1 saturated carbocycles. The Morgan fingerprint density at radius 2 is 1.50 bits per heavy atom. The first kappa shape index (κ1) is 21.8. The summed E-state index contributed by atoms with van der Waals surface area (Å²) in [7, 11) is 0. The Morgan fingerprint density at radius 3 is 1.88 bits per heavy atom. The molecule has 0 saturated heterocycles. The van der Waals surface area contributed by atoms with E-state index >= 15 is 0 Å². The van der Waals surface area contributed by atoms with Gasteiger partial charge in [-0.25, -0.2) is 0 Å². The summed E-state index contributed by atoms with van der Waals surface area (Å²) in [6.45, 7) is 7.77. The van der Waals surface area contributed by atoms with Crippen LogP contribution in [0.25, 0.3) is 0 Å². The standard InChI is InChI=1S/C18H26O8/c1-6-24-15(21)11-10(4)18(5,9-19)13(14(11)20)12(16(22)25-7-2)17(23)26-8-3/h9-13H,6-8H2,1-5H3/t10-,11-,13+,18+/m0/s1. The fourth-order valence-electron chi connectivity index (χ4n) is 3.48. The number of Topliss-reactive ketones (excluding diaryl/α,β-unsaturated/α-hetero) is 1.